The molecular weight excluding hydrogens is 228 g/mol. The van der Waals surface area contributed by atoms with Gasteiger partial charge >= 0.3 is 0 Å². The fourth-order valence-electron chi connectivity index (χ4n) is 1.03. The molecule has 0 radical (unpaired) electrons. The zero-order chi connectivity index (χ0) is 13.9. The van der Waals surface area contributed by atoms with Gasteiger partial charge in [-0.2, -0.15) is 0 Å². The van der Waals surface area contributed by atoms with Crippen LogP contribution in [0.3, 0.4) is 0 Å². The van der Waals surface area contributed by atoms with Crippen molar-refractivity contribution in [3.8, 4) is 0 Å². The summed E-state index contributed by atoms with van der Waals surface area (Å²) in [5, 5.41) is 0. The van der Waals surface area contributed by atoms with E-state index < -0.39 is 0 Å². The largest absolute Gasteiger partial charge is 0.379 e. The van der Waals surface area contributed by atoms with Gasteiger partial charge in [0.2, 0.25) is 0 Å². The van der Waals surface area contributed by atoms with E-state index in [1.807, 2.05) is 0 Å². The van der Waals surface area contributed by atoms with Crippen molar-refractivity contribution >= 4 is 0 Å². The summed E-state index contributed by atoms with van der Waals surface area (Å²) in [4.78, 5) is 0. The molecular formula is C15H34O3. The van der Waals surface area contributed by atoms with Crippen LogP contribution >= 0.6 is 0 Å². The molecule has 0 heterocycles. The highest BCUT2D eigenvalue weighted by Gasteiger charge is 1.90. The molecule has 0 unspecified atom stereocenters. The maximum absolute atomic E-state index is 5.35. The molecule has 0 aromatic heterocycles. The first kappa shape index (κ1) is 20.2. The van der Waals surface area contributed by atoms with Crippen molar-refractivity contribution in [1.82, 2.24) is 0 Å². The van der Waals surface area contributed by atoms with E-state index in [2.05, 4.69) is 27.7 Å². The van der Waals surface area contributed by atoms with E-state index in [1.165, 1.54) is 19.3 Å². The minimum absolute atomic E-state index is 0.681. The fraction of sp³-hybridized carbons (Fsp3) is 1.00. The van der Waals surface area contributed by atoms with Crippen LogP contribution in [0.1, 0.15) is 59.8 Å². The summed E-state index contributed by atoms with van der Waals surface area (Å²) < 4.78 is 16.1. The lowest BCUT2D eigenvalue weighted by atomic mass is 10.4. The maximum atomic E-state index is 5.35. The molecule has 0 aromatic carbocycles. The average Bonchev–Trinajstić information content (AvgIpc) is 2.37. The van der Waals surface area contributed by atoms with Gasteiger partial charge in [-0.05, 0) is 12.8 Å². The predicted molar refractivity (Wildman–Crippen MR) is 78.2 cm³/mol. The highest BCUT2D eigenvalue weighted by Crippen LogP contribution is 1.89. The second-order valence-electron chi connectivity index (χ2n) is 4.25. The van der Waals surface area contributed by atoms with Crippen LogP contribution in [0.2, 0.25) is 0 Å². The highest BCUT2D eigenvalue weighted by molar-refractivity contribution is 4.36. The molecule has 3 nitrogen and oxygen atoms in total. The monoisotopic (exact) mass is 262 g/mol. The number of rotatable bonds is 12. The second-order valence-corrected chi connectivity index (χ2v) is 4.25. The Bertz CT molecular complexity index is 106. The first-order chi connectivity index (χ1) is 8.83. The van der Waals surface area contributed by atoms with Gasteiger partial charge in [-0.1, -0.05) is 47.0 Å². The van der Waals surface area contributed by atoms with Gasteiger partial charge in [-0.15, -0.1) is 0 Å². The molecule has 0 aromatic rings. The molecule has 0 bridgehead atoms. The Kier molecular flexibility index (Phi) is 24.8. The lowest BCUT2D eigenvalue weighted by molar-refractivity contribution is 0.0136. The van der Waals surface area contributed by atoms with Crippen molar-refractivity contribution in [3.63, 3.8) is 0 Å². The molecule has 0 spiro atoms. The first-order valence-electron chi connectivity index (χ1n) is 7.56. The van der Waals surface area contributed by atoms with Crippen LogP contribution < -0.4 is 0 Å². The summed E-state index contributed by atoms with van der Waals surface area (Å²) in [6.07, 6.45) is 5.90. The molecule has 0 aliphatic carbocycles. The molecule has 0 aliphatic heterocycles. The van der Waals surface area contributed by atoms with Crippen LogP contribution in [0.4, 0.5) is 0 Å². The Hall–Kier alpha value is -0.120. The van der Waals surface area contributed by atoms with Crippen LogP contribution in [0.5, 0.6) is 0 Å². The van der Waals surface area contributed by atoms with E-state index in [4.69, 9.17) is 14.2 Å². The highest BCUT2D eigenvalue weighted by atomic mass is 16.5. The van der Waals surface area contributed by atoms with Gasteiger partial charge in [-0.3, -0.25) is 0 Å². The fourth-order valence-corrected chi connectivity index (χ4v) is 1.03. The number of hydrogen-bond acceptors (Lipinski definition) is 3. The van der Waals surface area contributed by atoms with E-state index >= 15 is 0 Å². The van der Waals surface area contributed by atoms with Crippen LogP contribution in [0.15, 0.2) is 0 Å². The third-order valence-electron chi connectivity index (χ3n) is 2.03. The third kappa shape index (κ3) is 24.9. The predicted octanol–water partition coefficient (Wildman–Crippen LogP) is 4.05. The lowest BCUT2D eigenvalue weighted by Gasteiger charge is -2.06. The van der Waals surface area contributed by atoms with Gasteiger partial charge in [0.15, 0.2) is 0 Å². The quantitative estimate of drug-likeness (QED) is 0.497. The summed E-state index contributed by atoms with van der Waals surface area (Å²) in [5.74, 6) is 0. The summed E-state index contributed by atoms with van der Waals surface area (Å²) >= 11 is 0. The van der Waals surface area contributed by atoms with Crippen molar-refractivity contribution < 1.29 is 14.2 Å². The number of hydrogen-bond donors (Lipinski definition) is 0. The summed E-state index contributed by atoms with van der Waals surface area (Å²) in [5.41, 5.74) is 0. The van der Waals surface area contributed by atoms with E-state index in [9.17, 15) is 0 Å². The standard InChI is InChI=1S/C12H26O3.C3H8/c1-3-5-7-13-9-11-15-12-10-14-8-6-4-2;1-3-2/h3-12H2,1-2H3;3H2,1-2H3. The van der Waals surface area contributed by atoms with Gasteiger partial charge < -0.3 is 14.2 Å². The molecule has 18 heavy (non-hydrogen) atoms. The molecule has 0 aliphatic rings. The zero-order valence-corrected chi connectivity index (χ0v) is 13.0. The number of ether oxygens (including phenoxy) is 3. The molecule has 0 fully saturated rings. The van der Waals surface area contributed by atoms with Crippen molar-refractivity contribution in [3.05, 3.63) is 0 Å². The van der Waals surface area contributed by atoms with Crippen molar-refractivity contribution in [1.29, 1.82) is 0 Å². The summed E-state index contributed by atoms with van der Waals surface area (Å²) in [6, 6.07) is 0. The Morgan fingerprint density at radius 3 is 1.06 bits per heavy atom. The van der Waals surface area contributed by atoms with Crippen LogP contribution in [-0.2, 0) is 14.2 Å². The summed E-state index contributed by atoms with van der Waals surface area (Å²) in [6.45, 7) is 13.0. The minimum atomic E-state index is 0.681. The average molecular weight is 262 g/mol. The minimum Gasteiger partial charge on any atom is -0.379 e. The van der Waals surface area contributed by atoms with Gasteiger partial charge in [0.25, 0.3) is 0 Å². The van der Waals surface area contributed by atoms with Crippen LogP contribution in [0, 0.1) is 0 Å². The van der Waals surface area contributed by atoms with Gasteiger partial charge in [-0.25, -0.2) is 0 Å². The Labute approximate surface area is 114 Å². The van der Waals surface area contributed by atoms with Crippen molar-refractivity contribution in [2.75, 3.05) is 39.6 Å². The molecule has 0 amide bonds. The lowest BCUT2D eigenvalue weighted by Crippen LogP contribution is -2.10. The van der Waals surface area contributed by atoms with Gasteiger partial charge in [0.1, 0.15) is 0 Å². The topological polar surface area (TPSA) is 27.7 Å². The zero-order valence-electron chi connectivity index (χ0n) is 13.0. The van der Waals surface area contributed by atoms with E-state index in [0.717, 1.165) is 26.1 Å². The number of unbranched alkanes of at least 4 members (excludes halogenated alkanes) is 2. The Morgan fingerprint density at radius 2 is 0.778 bits per heavy atom. The van der Waals surface area contributed by atoms with E-state index in [0.29, 0.717) is 26.4 Å². The molecule has 3 heteroatoms. The second kappa shape index (κ2) is 22.1. The molecule has 0 atom stereocenters. The first-order valence-corrected chi connectivity index (χ1v) is 7.56. The van der Waals surface area contributed by atoms with Crippen LogP contribution in [0.25, 0.3) is 0 Å². The van der Waals surface area contributed by atoms with Crippen molar-refractivity contribution in [2.24, 2.45) is 0 Å². The van der Waals surface area contributed by atoms with Gasteiger partial charge in [0.05, 0.1) is 26.4 Å². The third-order valence-corrected chi connectivity index (χ3v) is 2.03. The molecule has 0 saturated heterocycles. The van der Waals surface area contributed by atoms with Crippen molar-refractivity contribution in [2.45, 2.75) is 59.8 Å². The normalized spacial score (nSPS) is 10.0. The molecule has 0 N–H and O–H groups in total. The molecule has 0 rings (SSSR count). The smallest absolute Gasteiger partial charge is 0.0701 e. The molecule has 0 saturated carbocycles. The van der Waals surface area contributed by atoms with Crippen LogP contribution in [-0.4, -0.2) is 39.6 Å². The van der Waals surface area contributed by atoms with E-state index in [-0.39, 0.29) is 0 Å². The Balaban J connectivity index is 0. The Morgan fingerprint density at radius 1 is 0.500 bits per heavy atom. The maximum Gasteiger partial charge on any atom is 0.0701 e. The summed E-state index contributed by atoms with van der Waals surface area (Å²) in [7, 11) is 0. The van der Waals surface area contributed by atoms with E-state index in [1.54, 1.807) is 0 Å². The SMILES string of the molecule is CCC.CCCCOCCOCCOCCCC. The molecule has 112 valence electrons. The van der Waals surface area contributed by atoms with Gasteiger partial charge in [0, 0.05) is 13.2 Å².